The maximum absolute atomic E-state index is 8.07. The number of hydrogen-bond donors (Lipinski definition) is 0. The molecule has 6 nitrogen and oxygen atoms in total. The molecule has 1 aliphatic heterocycles. The molecule has 0 amide bonds. The lowest BCUT2D eigenvalue weighted by Crippen LogP contribution is -2.15. The van der Waals surface area contributed by atoms with Crippen LogP contribution in [0.2, 0.25) is 0 Å². The summed E-state index contributed by atoms with van der Waals surface area (Å²) in [5.41, 5.74) is 0. The van der Waals surface area contributed by atoms with Crippen LogP contribution in [0.4, 0.5) is 0 Å². The number of rotatable bonds is 0. The topological polar surface area (TPSA) is 55.4 Å². The Labute approximate surface area is 164 Å². The minimum atomic E-state index is -0.444. The van der Waals surface area contributed by atoms with E-state index in [1.807, 2.05) is 0 Å². The normalized spacial score (nSPS) is 21.2. The summed E-state index contributed by atoms with van der Waals surface area (Å²) in [7, 11) is 0. The first-order valence-electron chi connectivity index (χ1n) is 12.1. The summed E-state index contributed by atoms with van der Waals surface area (Å²) in [5.74, 6) is -0.499. The lowest BCUT2D eigenvalue weighted by atomic mass is 10.3. The molecule has 26 heavy (non-hydrogen) atoms. The highest BCUT2D eigenvalue weighted by atomic mass is 16.6. The molecule has 0 unspecified atom stereocenters. The standard InChI is InChI=1S/C20H24O6/c1-2-6-18-17(5-1)23-13-9-21-11-15-25-19-7-3-4-8-20(19)26-16-12-22-10-14-24-18/h1-8H,9-16H2/i1D,2D,3D,4D,5D,6D,7D,8D. The Morgan fingerprint density at radius 3 is 1.00 bits per heavy atom. The van der Waals surface area contributed by atoms with E-state index in [0.717, 1.165) is 0 Å². The van der Waals surface area contributed by atoms with Gasteiger partial charge in [-0.15, -0.1) is 0 Å². The van der Waals surface area contributed by atoms with Crippen molar-refractivity contribution in [1.29, 1.82) is 0 Å². The fraction of sp³-hybridized carbons (Fsp3) is 0.400. The molecular weight excluding hydrogens is 336 g/mol. The Kier molecular flexibility index (Phi) is 4.31. The van der Waals surface area contributed by atoms with Gasteiger partial charge in [-0.3, -0.25) is 0 Å². The van der Waals surface area contributed by atoms with Gasteiger partial charge in [-0.05, 0) is 24.2 Å². The molecule has 1 aliphatic rings. The Bertz CT molecular complexity index is 876. The fourth-order valence-corrected chi connectivity index (χ4v) is 2.00. The molecular formula is C20H24O6. The van der Waals surface area contributed by atoms with Crippen LogP contribution in [-0.2, 0) is 9.47 Å². The van der Waals surface area contributed by atoms with E-state index >= 15 is 0 Å². The Balaban J connectivity index is 1.77. The van der Waals surface area contributed by atoms with Gasteiger partial charge in [0.15, 0.2) is 23.0 Å². The van der Waals surface area contributed by atoms with Gasteiger partial charge in [-0.1, -0.05) is 24.2 Å². The molecule has 0 aromatic heterocycles. The minimum Gasteiger partial charge on any atom is -0.487 e. The average Bonchev–Trinajstić information content (AvgIpc) is 2.83. The van der Waals surface area contributed by atoms with Crippen molar-refractivity contribution in [3.8, 4) is 23.0 Å². The van der Waals surface area contributed by atoms with Crippen LogP contribution in [0, 0.1) is 0 Å². The summed E-state index contributed by atoms with van der Waals surface area (Å²) in [6, 6.07) is -3.24. The molecule has 2 aromatic carbocycles. The number of benzene rings is 2. The van der Waals surface area contributed by atoms with Crippen LogP contribution in [0.25, 0.3) is 0 Å². The summed E-state index contributed by atoms with van der Waals surface area (Å²) in [4.78, 5) is 0. The highest BCUT2D eigenvalue weighted by Gasteiger charge is 2.06. The minimum absolute atomic E-state index is 0.0334. The second kappa shape index (κ2) is 10.5. The van der Waals surface area contributed by atoms with E-state index in [9.17, 15) is 0 Å². The third-order valence-electron chi connectivity index (χ3n) is 3.14. The van der Waals surface area contributed by atoms with Crippen LogP contribution < -0.4 is 18.9 Å². The maximum atomic E-state index is 8.07. The van der Waals surface area contributed by atoms with Gasteiger partial charge in [0.25, 0.3) is 0 Å². The lowest BCUT2D eigenvalue weighted by molar-refractivity contribution is 0.0640. The molecule has 0 bridgehead atoms. The number of para-hydroxylation sites is 4. The molecule has 0 radical (unpaired) electrons. The molecule has 0 aliphatic carbocycles. The van der Waals surface area contributed by atoms with Gasteiger partial charge in [0, 0.05) is 0 Å². The molecule has 0 fully saturated rings. The third kappa shape index (κ3) is 5.82. The number of ether oxygens (including phenoxy) is 6. The molecule has 3 rings (SSSR count). The van der Waals surface area contributed by atoms with Gasteiger partial charge in [0.2, 0.25) is 0 Å². The monoisotopic (exact) mass is 368 g/mol. The molecule has 1 heterocycles. The van der Waals surface area contributed by atoms with Gasteiger partial charge in [0.05, 0.1) is 37.4 Å². The van der Waals surface area contributed by atoms with E-state index in [1.54, 1.807) is 0 Å². The van der Waals surface area contributed by atoms with Crippen molar-refractivity contribution in [2.24, 2.45) is 0 Å². The van der Waals surface area contributed by atoms with Crippen LogP contribution in [0.5, 0.6) is 23.0 Å². The van der Waals surface area contributed by atoms with Gasteiger partial charge in [-0.25, -0.2) is 0 Å². The predicted octanol–water partition coefficient (Wildman–Crippen LogP) is 2.95. The molecule has 6 heteroatoms. The van der Waals surface area contributed by atoms with E-state index in [0.29, 0.717) is 0 Å². The molecule has 0 saturated carbocycles. The van der Waals surface area contributed by atoms with Crippen molar-refractivity contribution in [2.45, 2.75) is 0 Å². The number of fused-ring (bicyclic) bond motifs is 2. The zero-order valence-electron chi connectivity index (χ0n) is 22.1. The van der Waals surface area contributed by atoms with Crippen LogP contribution in [0.1, 0.15) is 11.0 Å². The molecule has 2 aromatic rings. The smallest absolute Gasteiger partial charge is 0.161 e. The van der Waals surface area contributed by atoms with Gasteiger partial charge in [0.1, 0.15) is 26.4 Å². The second-order valence-electron chi connectivity index (χ2n) is 4.94. The van der Waals surface area contributed by atoms with Gasteiger partial charge < -0.3 is 28.4 Å². The molecule has 0 spiro atoms. The summed E-state index contributed by atoms with van der Waals surface area (Å²) in [6.07, 6.45) is 0. The fourth-order valence-electron chi connectivity index (χ4n) is 2.00. The predicted molar refractivity (Wildman–Crippen MR) is 96.5 cm³/mol. The molecule has 140 valence electrons. The van der Waals surface area contributed by atoms with E-state index < -0.39 is 24.2 Å². The van der Waals surface area contributed by atoms with Crippen LogP contribution >= 0.6 is 0 Å². The molecule has 0 saturated heterocycles. The highest BCUT2D eigenvalue weighted by Crippen LogP contribution is 2.27. The Morgan fingerprint density at radius 1 is 0.462 bits per heavy atom. The second-order valence-corrected chi connectivity index (χ2v) is 4.94. The molecule has 0 atom stereocenters. The SMILES string of the molecule is [2H]c1c([2H])c([2H])c2c(c1[2H])OCCOCCOc1c([2H])c([2H])c([2H])c([2H])c1OCCOCCO2. The maximum Gasteiger partial charge on any atom is 0.161 e. The van der Waals surface area contributed by atoms with E-state index in [4.69, 9.17) is 39.4 Å². The first-order chi connectivity index (χ1) is 16.3. The lowest BCUT2D eigenvalue weighted by Gasteiger charge is -2.15. The Hall–Kier alpha value is -2.44. The molecule has 0 N–H and O–H groups in total. The summed E-state index contributed by atoms with van der Waals surface area (Å²) >= 11 is 0. The highest BCUT2D eigenvalue weighted by molar-refractivity contribution is 5.40. The van der Waals surface area contributed by atoms with E-state index in [1.165, 1.54) is 0 Å². The largest absolute Gasteiger partial charge is 0.487 e. The van der Waals surface area contributed by atoms with Crippen LogP contribution in [0.3, 0.4) is 0 Å². The van der Waals surface area contributed by atoms with E-state index in [-0.39, 0.29) is 100 Å². The van der Waals surface area contributed by atoms with Crippen molar-refractivity contribution in [2.75, 3.05) is 52.9 Å². The zero-order chi connectivity index (χ0) is 24.8. The zero-order valence-corrected chi connectivity index (χ0v) is 14.1. The number of hydrogen-bond acceptors (Lipinski definition) is 6. The van der Waals surface area contributed by atoms with Crippen LogP contribution in [-0.4, -0.2) is 52.9 Å². The third-order valence-corrected chi connectivity index (χ3v) is 3.14. The van der Waals surface area contributed by atoms with Crippen LogP contribution in [0.15, 0.2) is 48.3 Å². The van der Waals surface area contributed by atoms with Crippen molar-refractivity contribution in [3.05, 3.63) is 48.3 Å². The first kappa shape index (κ1) is 10.6. The van der Waals surface area contributed by atoms with Crippen molar-refractivity contribution >= 4 is 0 Å². The summed E-state index contributed by atoms with van der Waals surface area (Å²) in [6.45, 7) is 0.107. The average molecular weight is 368 g/mol. The first-order valence-corrected chi connectivity index (χ1v) is 8.13. The summed E-state index contributed by atoms with van der Waals surface area (Å²) in [5, 5.41) is 0. The van der Waals surface area contributed by atoms with Gasteiger partial charge >= 0.3 is 0 Å². The Morgan fingerprint density at radius 2 is 0.731 bits per heavy atom. The van der Waals surface area contributed by atoms with Crippen molar-refractivity contribution in [1.82, 2.24) is 0 Å². The summed E-state index contributed by atoms with van der Waals surface area (Å²) < 4.78 is 96.6. The van der Waals surface area contributed by atoms with Crippen molar-refractivity contribution < 1.29 is 39.4 Å². The quantitative estimate of drug-likeness (QED) is 0.713. The van der Waals surface area contributed by atoms with E-state index in [2.05, 4.69) is 0 Å². The van der Waals surface area contributed by atoms with Gasteiger partial charge in [-0.2, -0.15) is 0 Å². The van der Waals surface area contributed by atoms with Crippen molar-refractivity contribution in [3.63, 3.8) is 0 Å².